The van der Waals surface area contributed by atoms with Crippen molar-refractivity contribution in [3.05, 3.63) is 30.3 Å². The van der Waals surface area contributed by atoms with Gasteiger partial charge in [-0.05, 0) is 56.8 Å². The molecule has 0 aliphatic carbocycles. The van der Waals surface area contributed by atoms with Crippen LogP contribution in [-0.4, -0.2) is 49.1 Å². The maximum Gasteiger partial charge on any atom is 0.319 e. The quantitative estimate of drug-likeness (QED) is 0.767. The summed E-state index contributed by atoms with van der Waals surface area (Å²) in [6.07, 6.45) is 4.47. The van der Waals surface area contributed by atoms with Gasteiger partial charge in [0.2, 0.25) is 5.91 Å². The van der Waals surface area contributed by atoms with Gasteiger partial charge in [0.05, 0.1) is 0 Å². The van der Waals surface area contributed by atoms with E-state index in [1.54, 1.807) is 0 Å². The Kier molecular flexibility index (Phi) is 6.28. The van der Waals surface area contributed by atoms with Crippen molar-refractivity contribution in [1.82, 2.24) is 15.5 Å². The Balaban J connectivity index is 1.35. The van der Waals surface area contributed by atoms with E-state index in [2.05, 4.69) is 16.0 Å². The second kappa shape index (κ2) is 8.85. The van der Waals surface area contributed by atoms with Gasteiger partial charge in [0.1, 0.15) is 0 Å². The summed E-state index contributed by atoms with van der Waals surface area (Å²) in [5.74, 6) is 0.920. The first kappa shape index (κ1) is 17.7. The molecule has 25 heavy (non-hydrogen) atoms. The van der Waals surface area contributed by atoms with Crippen LogP contribution in [-0.2, 0) is 4.79 Å². The number of piperidine rings is 1. The molecular formula is C19H28N4O2. The highest BCUT2D eigenvalue weighted by atomic mass is 16.2. The number of nitrogens with zero attached hydrogens (tertiary/aromatic N) is 1. The van der Waals surface area contributed by atoms with Gasteiger partial charge in [-0.25, -0.2) is 4.79 Å². The number of nitrogens with one attached hydrogen (secondary N) is 3. The lowest BCUT2D eigenvalue weighted by Gasteiger charge is -2.32. The van der Waals surface area contributed by atoms with E-state index in [1.165, 1.54) is 6.42 Å². The predicted octanol–water partition coefficient (Wildman–Crippen LogP) is 2.19. The Hall–Kier alpha value is -2.08. The zero-order valence-electron chi connectivity index (χ0n) is 14.7. The van der Waals surface area contributed by atoms with E-state index >= 15 is 0 Å². The van der Waals surface area contributed by atoms with Crippen LogP contribution in [0.15, 0.2) is 30.3 Å². The summed E-state index contributed by atoms with van der Waals surface area (Å²) >= 11 is 0. The van der Waals surface area contributed by atoms with Gasteiger partial charge >= 0.3 is 6.03 Å². The molecule has 2 heterocycles. The molecule has 0 radical (unpaired) electrons. The van der Waals surface area contributed by atoms with Crippen molar-refractivity contribution in [2.24, 2.45) is 5.92 Å². The van der Waals surface area contributed by atoms with Gasteiger partial charge in [-0.3, -0.25) is 4.79 Å². The fraction of sp³-hybridized carbons (Fsp3) is 0.579. The Morgan fingerprint density at radius 1 is 1.12 bits per heavy atom. The van der Waals surface area contributed by atoms with Gasteiger partial charge in [0.25, 0.3) is 0 Å². The first-order chi connectivity index (χ1) is 12.2. The molecule has 0 bridgehead atoms. The van der Waals surface area contributed by atoms with E-state index in [0.29, 0.717) is 12.3 Å². The Morgan fingerprint density at radius 2 is 1.88 bits per heavy atom. The van der Waals surface area contributed by atoms with Crippen molar-refractivity contribution in [2.75, 3.05) is 31.5 Å². The SMILES string of the molecule is O=C(Nc1ccccc1)NC1CCN(C(=O)CCC2CCNC2)CC1. The second-order valence-corrected chi connectivity index (χ2v) is 7.02. The number of rotatable bonds is 5. The number of carbonyl (C=O) groups excluding carboxylic acids is 2. The molecule has 136 valence electrons. The third-order valence-electron chi connectivity index (χ3n) is 5.14. The number of amides is 3. The zero-order valence-corrected chi connectivity index (χ0v) is 14.7. The summed E-state index contributed by atoms with van der Waals surface area (Å²) in [7, 11) is 0. The Labute approximate surface area is 149 Å². The molecule has 2 aliphatic rings. The molecule has 3 N–H and O–H groups in total. The Morgan fingerprint density at radius 3 is 2.56 bits per heavy atom. The summed E-state index contributed by atoms with van der Waals surface area (Å²) in [6.45, 7) is 3.60. The van der Waals surface area contributed by atoms with Crippen molar-refractivity contribution in [3.8, 4) is 0 Å². The van der Waals surface area contributed by atoms with Gasteiger partial charge in [0, 0.05) is 31.2 Å². The van der Waals surface area contributed by atoms with E-state index in [-0.39, 0.29) is 18.0 Å². The van der Waals surface area contributed by atoms with Crippen molar-refractivity contribution in [3.63, 3.8) is 0 Å². The van der Waals surface area contributed by atoms with Crippen LogP contribution in [0.25, 0.3) is 0 Å². The monoisotopic (exact) mass is 344 g/mol. The summed E-state index contributed by atoms with van der Waals surface area (Å²) in [4.78, 5) is 26.3. The van der Waals surface area contributed by atoms with Crippen LogP contribution in [0.4, 0.5) is 10.5 Å². The first-order valence-corrected chi connectivity index (χ1v) is 9.32. The van der Waals surface area contributed by atoms with Gasteiger partial charge < -0.3 is 20.9 Å². The molecule has 1 atom stereocenters. The van der Waals surface area contributed by atoms with E-state index in [1.807, 2.05) is 35.2 Å². The van der Waals surface area contributed by atoms with Crippen LogP contribution in [0.2, 0.25) is 0 Å². The molecule has 2 aliphatic heterocycles. The summed E-state index contributed by atoms with van der Waals surface area (Å²) < 4.78 is 0. The lowest BCUT2D eigenvalue weighted by Crippen LogP contribution is -2.47. The van der Waals surface area contributed by atoms with Crippen LogP contribution in [0.1, 0.15) is 32.1 Å². The third-order valence-corrected chi connectivity index (χ3v) is 5.14. The topological polar surface area (TPSA) is 73.5 Å². The Bertz CT molecular complexity index is 564. The number of hydrogen-bond acceptors (Lipinski definition) is 3. The smallest absolute Gasteiger partial charge is 0.319 e. The highest BCUT2D eigenvalue weighted by molar-refractivity contribution is 5.89. The molecular weight excluding hydrogens is 316 g/mol. The molecule has 2 saturated heterocycles. The van der Waals surface area contributed by atoms with Crippen molar-refractivity contribution >= 4 is 17.6 Å². The van der Waals surface area contributed by atoms with Gasteiger partial charge in [-0.15, -0.1) is 0 Å². The molecule has 1 aromatic rings. The first-order valence-electron chi connectivity index (χ1n) is 9.32. The van der Waals surface area contributed by atoms with E-state index in [9.17, 15) is 9.59 Å². The van der Waals surface area contributed by atoms with Crippen molar-refractivity contribution < 1.29 is 9.59 Å². The van der Waals surface area contributed by atoms with E-state index in [0.717, 1.165) is 51.1 Å². The molecule has 3 rings (SSSR count). The maximum atomic E-state index is 12.3. The van der Waals surface area contributed by atoms with Crippen molar-refractivity contribution in [1.29, 1.82) is 0 Å². The molecule has 6 heteroatoms. The molecule has 1 unspecified atom stereocenters. The lowest BCUT2D eigenvalue weighted by atomic mass is 10.0. The largest absolute Gasteiger partial charge is 0.343 e. The highest BCUT2D eigenvalue weighted by Crippen LogP contribution is 2.17. The minimum absolute atomic E-state index is 0.131. The fourth-order valence-corrected chi connectivity index (χ4v) is 3.59. The fourth-order valence-electron chi connectivity index (χ4n) is 3.59. The summed E-state index contributed by atoms with van der Waals surface area (Å²) in [5, 5.41) is 9.19. The molecule has 0 aromatic heterocycles. The molecule has 6 nitrogen and oxygen atoms in total. The molecule has 1 aromatic carbocycles. The minimum Gasteiger partial charge on any atom is -0.343 e. The van der Waals surface area contributed by atoms with Crippen LogP contribution >= 0.6 is 0 Å². The molecule has 3 amide bonds. The van der Waals surface area contributed by atoms with Crippen LogP contribution in [0.5, 0.6) is 0 Å². The molecule has 0 spiro atoms. The van der Waals surface area contributed by atoms with Gasteiger partial charge in [-0.1, -0.05) is 18.2 Å². The number of likely N-dealkylation sites (tertiary alicyclic amines) is 1. The predicted molar refractivity (Wildman–Crippen MR) is 98.4 cm³/mol. The van der Waals surface area contributed by atoms with Crippen LogP contribution in [0, 0.1) is 5.92 Å². The number of para-hydroxylation sites is 1. The van der Waals surface area contributed by atoms with E-state index in [4.69, 9.17) is 0 Å². The normalized spacial score (nSPS) is 21.1. The number of benzene rings is 1. The van der Waals surface area contributed by atoms with Crippen LogP contribution in [0.3, 0.4) is 0 Å². The summed E-state index contributed by atoms with van der Waals surface area (Å²) in [6, 6.07) is 9.37. The van der Waals surface area contributed by atoms with Crippen molar-refractivity contribution in [2.45, 2.75) is 38.1 Å². The maximum absolute atomic E-state index is 12.3. The highest BCUT2D eigenvalue weighted by Gasteiger charge is 2.24. The minimum atomic E-state index is -0.176. The van der Waals surface area contributed by atoms with Gasteiger partial charge in [0.15, 0.2) is 0 Å². The lowest BCUT2D eigenvalue weighted by molar-refractivity contribution is -0.132. The second-order valence-electron chi connectivity index (χ2n) is 7.02. The van der Waals surface area contributed by atoms with Gasteiger partial charge in [-0.2, -0.15) is 0 Å². The molecule has 2 fully saturated rings. The average Bonchev–Trinajstić information content (AvgIpc) is 3.14. The number of urea groups is 1. The third kappa shape index (κ3) is 5.46. The van der Waals surface area contributed by atoms with E-state index < -0.39 is 0 Å². The number of anilines is 1. The average molecular weight is 344 g/mol. The molecule has 0 saturated carbocycles. The summed E-state index contributed by atoms with van der Waals surface area (Å²) in [5.41, 5.74) is 0.786. The van der Waals surface area contributed by atoms with Crippen LogP contribution < -0.4 is 16.0 Å². The number of carbonyl (C=O) groups is 2. The standard InChI is InChI=1S/C19H28N4O2/c24-18(7-6-15-8-11-20-14-15)23-12-9-17(10-13-23)22-19(25)21-16-4-2-1-3-5-16/h1-5,15,17,20H,6-14H2,(H2,21,22,25). The number of hydrogen-bond donors (Lipinski definition) is 3. The zero-order chi connectivity index (χ0) is 17.5.